The van der Waals surface area contributed by atoms with Crippen molar-refractivity contribution in [3.05, 3.63) is 41.2 Å². The van der Waals surface area contributed by atoms with E-state index in [-0.39, 0.29) is 6.61 Å². The summed E-state index contributed by atoms with van der Waals surface area (Å²) < 4.78 is 26.0. The summed E-state index contributed by atoms with van der Waals surface area (Å²) in [6.07, 6.45) is 2.43. The van der Waals surface area contributed by atoms with Crippen molar-refractivity contribution in [1.82, 2.24) is 0 Å². The molecule has 0 radical (unpaired) electrons. The number of aryl methyl sites for hydroxylation is 1. The van der Waals surface area contributed by atoms with Gasteiger partial charge in [-0.25, -0.2) is 4.85 Å². The van der Waals surface area contributed by atoms with Crippen LogP contribution in [0.5, 0.6) is 0 Å². The Balaban J connectivity index is 2.36. The molecule has 0 saturated heterocycles. The normalized spacial score (nSPS) is 11.0. The average Bonchev–Trinajstić information content (AvgIpc) is 2.24. The molecule has 0 N–H and O–H groups in total. The van der Waals surface area contributed by atoms with E-state index in [0.29, 0.717) is 12.1 Å². The van der Waals surface area contributed by atoms with Crippen molar-refractivity contribution < 1.29 is 12.6 Å². The zero-order chi connectivity index (χ0) is 12.0. The van der Waals surface area contributed by atoms with Gasteiger partial charge in [-0.1, -0.05) is 29.8 Å². The van der Waals surface area contributed by atoms with Crippen molar-refractivity contribution in [3.8, 4) is 0 Å². The lowest BCUT2D eigenvalue weighted by Crippen LogP contribution is -2.04. The average molecular weight is 239 g/mol. The van der Waals surface area contributed by atoms with Crippen LogP contribution in [0.2, 0.25) is 0 Å². The largest absolute Gasteiger partial charge is 0.270 e. The quantitative estimate of drug-likeness (QED) is 0.449. The van der Waals surface area contributed by atoms with Crippen LogP contribution in [0, 0.1) is 6.57 Å². The number of benzene rings is 1. The van der Waals surface area contributed by atoms with E-state index in [1.807, 2.05) is 12.1 Å². The second-order valence-corrected chi connectivity index (χ2v) is 5.05. The van der Waals surface area contributed by atoms with Gasteiger partial charge >= 0.3 is 0 Å². The second kappa shape index (κ2) is 5.64. The first-order valence-electron chi connectivity index (χ1n) is 4.82. The summed E-state index contributed by atoms with van der Waals surface area (Å²) in [4.78, 5) is 3.29. The molecular weight excluding hydrogens is 226 g/mol. The summed E-state index contributed by atoms with van der Waals surface area (Å²) in [7, 11) is -3.33. The highest BCUT2D eigenvalue weighted by molar-refractivity contribution is 7.85. The molecule has 0 unspecified atom stereocenters. The smallest absolute Gasteiger partial charge is 0.264 e. The van der Waals surface area contributed by atoms with Gasteiger partial charge in [-0.3, -0.25) is 4.18 Å². The highest BCUT2D eigenvalue weighted by Gasteiger charge is 2.01. The SMILES string of the molecule is [C-]#[N+]c1ccc(CCCOS(C)(=O)=O)cc1. The monoisotopic (exact) mass is 239 g/mol. The highest BCUT2D eigenvalue weighted by atomic mass is 32.2. The van der Waals surface area contributed by atoms with E-state index in [4.69, 9.17) is 6.57 Å². The third kappa shape index (κ3) is 4.91. The molecule has 1 aromatic carbocycles. The van der Waals surface area contributed by atoms with Crippen molar-refractivity contribution in [2.24, 2.45) is 0 Å². The first-order chi connectivity index (χ1) is 7.51. The predicted octanol–water partition coefficient (Wildman–Crippen LogP) is 2.15. The Bertz CT molecular complexity index is 471. The Labute approximate surface area is 95.8 Å². The standard InChI is InChI=1S/C11H13NO3S/c1-12-11-7-5-10(6-8-11)4-3-9-15-16(2,13)14/h5-8H,3-4,9H2,2H3. The molecular formula is C11H13NO3S. The van der Waals surface area contributed by atoms with Crippen molar-refractivity contribution >= 4 is 15.8 Å². The third-order valence-corrected chi connectivity index (χ3v) is 2.57. The van der Waals surface area contributed by atoms with E-state index < -0.39 is 10.1 Å². The van der Waals surface area contributed by atoms with Crippen molar-refractivity contribution in [2.45, 2.75) is 12.8 Å². The fraction of sp³-hybridized carbons (Fsp3) is 0.364. The molecule has 0 bridgehead atoms. The molecule has 0 spiro atoms. The molecule has 1 aromatic rings. The van der Waals surface area contributed by atoms with Crippen molar-refractivity contribution in [1.29, 1.82) is 0 Å². The minimum absolute atomic E-state index is 0.198. The summed E-state index contributed by atoms with van der Waals surface area (Å²) in [5.74, 6) is 0. The maximum atomic E-state index is 10.7. The van der Waals surface area contributed by atoms with Crippen LogP contribution in [0.3, 0.4) is 0 Å². The molecule has 0 atom stereocenters. The number of hydrogen-bond acceptors (Lipinski definition) is 3. The van der Waals surface area contributed by atoms with Gasteiger partial charge in [-0.2, -0.15) is 8.42 Å². The van der Waals surface area contributed by atoms with E-state index in [1.165, 1.54) is 0 Å². The van der Waals surface area contributed by atoms with Gasteiger partial charge in [0, 0.05) is 0 Å². The van der Waals surface area contributed by atoms with Gasteiger partial charge < -0.3 is 0 Å². The van der Waals surface area contributed by atoms with Crippen LogP contribution in [0.25, 0.3) is 4.85 Å². The van der Waals surface area contributed by atoms with Gasteiger partial charge in [0.1, 0.15) is 0 Å². The minimum Gasteiger partial charge on any atom is -0.270 e. The third-order valence-electron chi connectivity index (χ3n) is 1.97. The Kier molecular flexibility index (Phi) is 4.47. The van der Waals surface area contributed by atoms with E-state index >= 15 is 0 Å². The zero-order valence-electron chi connectivity index (χ0n) is 9.01. The van der Waals surface area contributed by atoms with E-state index in [2.05, 4.69) is 9.03 Å². The fourth-order valence-corrected chi connectivity index (χ4v) is 1.64. The molecule has 0 aliphatic heterocycles. The lowest BCUT2D eigenvalue weighted by molar-refractivity contribution is 0.316. The zero-order valence-corrected chi connectivity index (χ0v) is 9.83. The molecule has 1 rings (SSSR count). The number of rotatable bonds is 5. The van der Waals surface area contributed by atoms with Gasteiger partial charge in [0.2, 0.25) is 0 Å². The van der Waals surface area contributed by atoms with Crippen LogP contribution in [0.4, 0.5) is 5.69 Å². The maximum Gasteiger partial charge on any atom is 0.264 e. The summed E-state index contributed by atoms with van der Waals surface area (Å²) in [5, 5.41) is 0. The summed E-state index contributed by atoms with van der Waals surface area (Å²) in [6.45, 7) is 6.99. The number of hydrogen-bond donors (Lipinski definition) is 0. The minimum atomic E-state index is -3.33. The lowest BCUT2D eigenvalue weighted by Gasteiger charge is -2.02. The lowest BCUT2D eigenvalue weighted by atomic mass is 10.1. The van der Waals surface area contributed by atoms with Crippen molar-refractivity contribution in [3.63, 3.8) is 0 Å². The predicted molar refractivity (Wildman–Crippen MR) is 61.8 cm³/mol. The molecule has 0 amide bonds. The van der Waals surface area contributed by atoms with Crippen LogP contribution in [0.15, 0.2) is 24.3 Å². The highest BCUT2D eigenvalue weighted by Crippen LogP contribution is 2.13. The van der Waals surface area contributed by atoms with E-state index in [0.717, 1.165) is 18.2 Å². The van der Waals surface area contributed by atoms with Crippen LogP contribution >= 0.6 is 0 Å². The van der Waals surface area contributed by atoms with Crippen LogP contribution in [0.1, 0.15) is 12.0 Å². The van der Waals surface area contributed by atoms with E-state index in [9.17, 15) is 8.42 Å². The molecule has 4 nitrogen and oxygen atoms in total. The molecule has 5 heteroatoms. The van der Waals surface area contributed by atoms with Crippen LogP contribution in [-0.2, 0) is 20.7 Å². The Hall–Kier alpha value is -1.38. The van der Waals surface area contributed by atoms with Gasteiger partial charge in [-0.05, 0) is 12.8 Å². The summed E-state index contributed by atoms with van der Waals surface area (Å²) >= 11 is 0. The molecule has 0 fully saturated rings. The van der Waals surface area contributed by atoms with Crippen molar-refractivity contribution in [2.75, 3.05) is 12.9 Å². The summed E-state index contributed by atoms with van der Waals surface area (Å²) in [6, 6.07) is 7.24. The molecule has 0 aliphatic carbocycles. The van der Waals surface area contributed by atoms with Gasteiger partial charge in [0.25, 0.3) is 10.1 Å². The Morgan fingerprint density at radius 1 is 1.31 bits per heavy atom. The first kappa shape index (κ1) is 12.7. The van der Waals surface area contributed by atoms with E-state index in [1.54, 1.807) is 12.1 Å². The molecule has 86 valence electrons. The summed E-state index contributed by atoms with van der Waals surface area (Å²) in [5.41, 5.74) is 1.68. The Morgan fingerprint density at radius 3 is 2.44 bits per heavy atom. The van der Waals surface area contributed by atoms with Gasteiger partial charge in [0.15, 0.2) is 5.69 Å². The second-order valence-electron chi connectivity index (χ2n) is 3.41. The topological polar surface area (TPSA) is 47.7 Å². The Morgan fingerprint density at radius 2 is 1.94 bits per heavy atom. The molecule has 0 heterocycles. The number of nitrogens with zero attached hydrogens (tertiary/aromatic N) is 1. The van der Waals surface area contributed by atoms with Gasteiger partial charge in [-0.15, -0.1) is 0 Å². The molecule has 0 saturated carbocycles. The van der Waals surface area contributed by atoms with Gasteiger partial charge in [0.05, 0.1) is 19.4 Å². The van der Waals surface area contributed by atoms with Crippen LogP contribution < -0.4 is 0 Å². The fourth-order valence-electron chi connectivity index (χ4n) is 1.22. The van der Waals surface area contributed by atoms with Crippen LogP contribution in [-0.4, -0.2) is 21.3 Å². The molecule has 0 aromatic heterocycles. The molecule has 16 heavy (non-hydrogen) atoms. The maximum absolute atomic E-state index is 10.7. The first-order valence-corrected chi connectivity index (χ1v) is 6.64. The molecule has 0 aliphatic rings.